The van der Waals surface area contributed by atoms with Crippen LogP contribution in [0.25, 0.3) is 0 Å². The van der Waals surface area contributed by atoms with E-state index < -0.39 is 10.2 Å². The van der Waals surface area contributed by atoms with Crippen LogP contribution in [0.3, 0.4) is 0 Å². The van der Waals surface area contributed by atoms with E-state index >= 15 is 0 Å². The molecule has 0 spiro atoms. The molecule has 2 aliphatic rings. The molecule has 1 aromatic rings. The van der Waals surface area contributed by atoms with Crippen LogP contribution in [0.5, 0.6) is 0 Å². The summed E-state index contributed by atoms with van der Waals surface area (Å²) in [6, 6.07) is 0. The van der Waals surface area contributed by atoms with Gasteiger partial charge in [0, 0.05) is 44.0 Å². The first-order valence-electron chi connectivity index (χ1n) is 7.47. The molecule has 1 aliphatic carbocycles. The van der Waals surface area contributed by atoms with Crippen LogP contribution in [0.4, 0.5) is 0 Å². The van der Waals surface area contributed by atoms with Crippen molar-refractivity contribution in [3.05, 3.63) is 16.1 Å². The molecule has 0 aromatic carbocycles. The van der Waals surface area contributed by atoms with Gasteiger partial charge in [-0.15, -0.1) is 11.3 Å². The molecule has 0 radical (unpaired) electrons. The molecule has 2 fully saturated rings. The Hall–Kier alpha value is -0.540. The second-order valence-electron chi connectivity index (χ2n) is 5.88. The van der Waals surface area contributed by atoms with Crippen molar-refractivity contribution in [2.75, 3.05) is 26.2 Å². The molecule has 118 valence electrons. The van der Waals surface area contributed by atoms with Gasteiger partial charge in [-0.1, -0.05) is 12.8 Å². The molecule has 0 unspecified atom stereocenters. The van der Waals surface area contributed by atoms with Gasteiger partial charge < -0.3 is 0 Å². The van der Waals surface area contributed by atoms with E-state index in [4.69, 9.17) is 10.1 Å². The number of nitrogens with zero attached hydrogens (tertiary/aromatic N) is 3. The van der Waals surface area contributed by atoms with Crippen molar-refractivity contribution in [3.8, 4) is 0 Å². The van der Waals surface area contributed by atoms with Crippen molar-refractivity contribution in [2.45, 2.75) is 38.1 Å². The van der Waals surface area contributed by atoms with Crippen LogP contribution in [0.2, 0.25) is 0 Å². The number of aromatic nitrogens is 1. The van der Waals surface area contributed by atoms with Crippen LogP contribution in [0.1, 0.15) is 42.3 Å². The van der Waals surface area contributed by atoms with Crippen LogP contribution < -0.4 is 5.14 Å². The minimum absolute atomic E-state index is 0.471. The Bertz CT molecular complexity index is 573. The van der Waals surface area contributed by atoms with Crippen molar-refractivity contribution in [3.63, 3.8) is 0 Å². The van der Waals surface area contributed by atoms with E-state index in [2.05, 4.69) is 10.3 Å². The van der Waals surface area contributed by atoms with E-state index in [-0.39, 0.29) is 0 Å². The predicted octanol–water partition coefficient (Wildman–Crippen LogP) is 1.12. The molecule has 2 heterocycles. The summed E-state index contributed by atoms with van der Waals surface area (Å²) < 4.78 is 23.9. The molecule has 8 heteroatoms. The Kier molecular flexibility index (Phi) is 4.60. The Morgan fingerprint density at radius 2 is 1.90 bits per heavy atom. The first-order valence-corrected chi connectivity index (χ1v) is 9.85. The van der Waals surface area contributed by atoms with Gasteiger partial charge in [0.2, 0.25) is 0 Å². The molecule has 3 rings (SSSR count). The van der Waals surface area contributed by atoms with Crippen LogP contribution in [0.15, 0.2) is 5.38 Å². The molecule has 1 saturated heterocycles. The molecule has 1 saturated carbocycles. The van der Waals surface area contributed by atoms with Gasteiger partial charge in [0.25, 0.3) is 10.2 Å². The summed E-state index contributed by atoms with van der Waals surface area (Å²) in [4.78, 5) is 7.02. The summed E-state index contributed by atoms with van der Waals surface area (Å²) in [5, 5.41) is 8.59. The monoisotopic (exact) mass is 330 g/mol. The number of rotatable bonds is 4. The van der Waals surface area contributed by atoms with Crippen molar-refractivity contribution >= 4 is 21.5 Å². The summed E-state index contributed by atoms with van der Waals surface area (Å²) in [7, 11) is -3.54. The average molecular weight is 330 g/mol. The molecule has 1 aromatic heterocycles. The third-order valence-electron chi connectivity index (χ3n) is 4.35. The summed E-state index contributed by atoms with van der Waals surface area (Å²) in [6.45, 7) is 3.18. The summed E-state index contributed by atoms with van der Waals surface area (Å²) in [6.07, 6.45) is 5.21. The molecule has 2 N–H and O–H groups in total. The third kappa shape index (κ3) is 3.81. The van der Waals surface area contributed by atoms with Gasteiger partial charge in [-0.3, -0.25) is 4.90 Å². The Balaban J connectivity index is 1.53. The van der Waals surface area contributed by atoms with Gasteiger partial charge in [0.15, 0.2) is 0 Å². The SMILES string of the molecule is NS(=O)(=O)N1CCN(Cc2csc(C3CCCC3)n2)CC1. The van der Waals surface area contributed by atoms with Gasteiger partial charge in [-0.25, -0.2) is 10.1 Å². The lowest BCUT2D eigenvalue weighted by Crippen LogP contribution is -2.50. The largest absolute Gasteiger partial charge is 0.295 e. The Morgan fingerprint density at radius 1 is 1.24 bits per heavy atom. The van der Waals surface area contributed by atoms with Gasteiger partial charge in [0.05, 0.1) is 10.7 Å². The fraction of sp³-hybridized carbons (Fsp3) is 0.769. The minimum Gasteiger partial charge on any atom is -0.295 e. The van der Waals surface area contributed by atoms with Crippen molar-refractivity contribution in [1.29, 1.82) is 0 Å². The van der Waals surface area contributed by atoms with Crippen molar-refractivity contribution < 1.29 is 8.42 Å². The molecule has 0 bridgehead atoms. The number of thiazole rings is 1. The molecule has 6 nitrogen and oxygen atoms in total. The Labute approximate surface area is 130 Å². The second-order valence-corrected chi connectivity index (χ2v) is 8.31. The number of hydrogen-bond donors (Lipinski definition) is 1. The molecule has 0 atom stereocenters. The highest BCUT2D eigenvalue weighted by atomic mass is 32.2. The first kappa shape index (κ1) is 15.4. The second kappa shape index (κ2) is 6.29. The molecule has 1 aliphatic heterocycles. The first-order chi connectivity index (χ1) is 10.0. The average Bonchev–Trinajstić information content (AvgIpc) is 3.08. The van der Waals surface area contributed by atoms with Crippen LogP contribution in [-0.2, 0) is 16.8 Å². The van der Waals surface area contributed by atoms with E-state index in [1.165, 1.54) is 35.0 Å². The Morgan fingerprint density at radius 3 is 2.52 bits per heavy atom. The summed E-state index contributed by atoms with van der Waals surface area (Å²) >= 11 is 1.78. The third-order valence-corrected chi connectivity index (χ3v) is 6.49. The number of nitrogens with two attached hydrogens (primary N) is 1. The highest BCUT2D eigenvalue weighted by molar-refractivity contribution is 7.86. The van der Waals surface area contributed by atoms with E-state index in [1.807, 2.05) is 0 Å². The van der Waals surface area contributed by atoms with Gasteiger partial charge in [0.1, 0.15) is 0 Å². The van der Waals surface area contributed by atoms with E-state index in [0.29, 0.717) is 32.1 Å². The van der Waals surface area contributed by atoms with E-state index in [1.54, 1.807) is 11.3 Å². The van der Waals surface area contributed by atoms with Gasteiger partial charge in [-0.2, -0.15) is 12.7 Å². The van der Waals surface area contributed by atoms with Gasteiger partial charge in [-0.05, 0) is 12.8 Å². The predicted molar refractivity (Wildman–Crippen MR) is 83.3 cm³/mol. The molecule has 0 amide bonds. The minimum atomic E-state index is -3.54. The topological polar surface area (TPSA) is 79.5 Å². The lowest BCUT2D eigenvalue weighted by atomic mass is 10.1. The standard InChI is InChI=1S/C13H22N4O2S2/c14-21(18,19)17-7-5-16(6-8-17)9-12-10-20-13(15-12)11-3-1-2-4-11/h10-11H,1-9H2,(H2,14,18,19). The van der Waals surface area contributed by atoms with Crippen LogP contribution >= 0.6 is 11.3 Å². The normalized spacial score (nSPS) is 22.9. The van der Waals surface area contributed by atoms with E-state index in [0.717, 1.165) is 12.2 Å². The zero-order valence-electron chi connectivity index (χ0n) is 12.1. The summed E-state index contributed by atoms with van der Waals surface area (Å²) in [5.41, 5.74) is 1.12. The maximum Gasteiger partial charge on any atom is 0.276 e. The smallest absolute Gasteiger partial charge is 0.276 e. The van der Waals surface area contributed by atoms with Crippen LogP contribution in [-0.4, -0.2) is 48.8 Å². The lowest BCUT2D eigenvalue weighted by molar-refractivity contribution is 0.180. The fourth-order valence-electron chi connectivity index (χ4n) is 3.13. The number of hydrogen-bond acceptors (Lipinski definition) is 5. The van der Waals surface area contributed by atoms with Crippen molar-refractivity contribution in [2.24, 2.45) is 5.14 Å². The van der Waals surface area contributed by atoms with Gasteiger partial charge >= 0.3 is 0 Å². The van der Waals surface area contributed by atoms with Crippen LogP contribution in [0, 0.1) is 0 Å². The molecular formula is C13H22N4O2S2. The zero-order chi connectivity index (χ0) is 14.9. The molecular weight excluding hydrogens is 308 g/mol. The fourth-order valence-corrected chi connectivity index (χ4v) is 4.78. The lowest BCUT2D eigenvalue weighted by Gasteiger charge is -2.32. The maximum absolute atomic E-state index is 11.3. The highest BCUT2D eigenvalue weighted by Gasteiger charge is 2.25. The zero-order valence-corrected chi connectivity index (χ0v) is 13.7. The van der Waals surface area contributed by atoms with Crippen molar-refractivity contribution in [1.82, 2.24) is 14.2 Å². The maximum atomic E-state index is 11.3. The highest BCUT2D eigenvalue weighted by Crippen LogP contribution is 2.35. The number of piperazine rings is 1. The quantitative estimate of drug-likeness (QED) is 0.897. The molecule has 21 heavy (non-hydrogen) atoms. The summed E-state index contributed by atoms with van der Waals surface area (Å²) in [5.74, 6) is 0.669. The van der Waals surface area contributed by atoms with E-state index in [9.17, 15) is 8.42 Å².